The topological polar surface area (TPSA) is 69.6 Å². The van der Waals surface area contributed by atoms with E-state index in [0.29, 0.717) is 50.3 Å². The van der Waals surface area contributed by atoms with E-state index in [1.807, 2.05) is 11.0 Å². The van der Waals surface area contributed by atoms with Gasteiger partial charge in [0, 0.05) is 80.6 Å². The Bertz CT molecular complexity index is 1160. The van der Waals surface area contributed by atoms with Gasteiger partial charge in [-0.05, 0) is 43.2 Å². The highest BCUT2D eigenvalue weighted by Gasteiger charge is 2.33. The number of hydrogen-bond donors (Lipinski definition) is 0. The zero-order valence-corrected chi connectivity index (χ0v) is 18.4. The number of nitrogens with zero attached hydrogens (tertiary/aromatic N) is 5. The van der Waals surface area contributed by atoms with Gasteiger partial charge in [-0.25, -0.2) is 4.39 Å². The SMILES string of the molecule is O=C(c1ccncc1)N1CCCC(C(=O)N2CCN(c3ccnc4cc(F)ccc34)CC2)C1. The standard InChI is InChI=1S/C25H26FN5O2/c26-20-3-4-21-22(16-20)28-10-7-23(21)29-12-14-30(15-13-29)25(33)19-2-1-11-31(17-19)24(32)18-5-8-27-9-6-18/h3-10,16,19H,1-2,11-15,17H2. The predicted octanol–water partition coefficient (Wildman–Crippen LogP) is 2.97. The Labute approximate surface area is 191 Å². The van der Waals surface area contributed by atoms with E-state index in [2.05, 4.69) is 14.9 Å². The number of benzene rings is 1. The largest absolute Gasteiger partial charge is 0.367 e. The summed E-state index contributed by atoms with van der Waals surface area (Å²) in [6, 6.07) is 10.0. The molecule has 1 atom stereocenters. The average molecular weight is 448 g/mol. The number of pyridine rings is 2. The summed E-state index contributed by atoms with van der Waals surface area (Å²) in [7, 11) is 0. The lowest BCUT2D eigenvalue weighted by Crippen LogP contribution is -2.53. The van der Waals surface area contributed by atoms with Crippen molar-refractivity contribution in [2.45, 2.75) is 12.8 Å². The van der Waals surface area contributed by atoms with Crippen LogP contribution in [0.5, 0.6) is 0 Å². The van der Waals surface area contributed by atoms with Crippen LogP contribution in [0.25, 0.3) is 10.9 Å². The van der Waals surface area contributed by atoms with Gasteiger partial charge in [0.25, 0.3) is 5.91 Å². The Morgan fingerprint density at radius 2 is 1.70 bits per heavy atom. The smallest absolute Gasteiger partial charge is 0.253 e. The zero-order valence-electron chi connectivity index (χ0n) is 18.4. The molecule has 1 unspecified atom stereocenters. The number of aromatic nitrogens is 2. The fourth-order valence-electron chi connectivity index (χ4n) is 4.85. The zero-order chi connectivity index (χ0) is 22.8. The maximum atomic E-state index is 13.6. The van der Waals surface area contributed by atoms with Crippen molar-refractivity contribution >= 4 is 28.4 Å². The maximum absolute atomic E-state index is 13.6. The highest BCUT2D eigenvalue weighted by Crippen LogP contribution is 2.28. The second-order valence-electron chi connectivity index (χ2n) is 8.63. The summed E-state index contributed by atoms with van der Waals surface area (Å²) in [5.41, 5.74) is 2.25. The minimum absolute atomic E-state index is 0.0410. The van der Waals surface area contributed by atoms with Crippen molar-refractivity contribution in [1.29, 1.82) is 0 Å². The van der Waals surface area contributed by atoms with Gasteiger partial charge in [0.15, 0.2) is 0 Å². The molecule has 2 saturated heterocycles. The molecule has 0 radical (unpaired) electrons. The molecule has 2 aromatic heterocycles. The monoisotopic (exact) mass is 447 g/mol. The molecule has 2 fully saturated rings. The molecule has 5 rings (SSSR count). The van der Waals surface area contributed by atoms with Crippen molar-refractivity contribution in [1.82, 2.24) is 19.8 Å². The van der Waals surface area contributed by atoms with E-state index in [0.717, 1.165) is 23.9 Å². The second kappa shape index (κ2) is 9.13. The molecule has 0 bridgehead atoms. The number of rotatable bonds is 3. The number of piperidine rings is 1. The summed E-state index contributed by atoms with van der Waals surface area (Å²) in [6.45, 7) is 3.79. The predicted molar refractivity (Wildman–Crippen MR) is 123 cm³/mol. The van der Waals surface area contributed by atoms with Crippen molar-refractivity contribution in [3.05, 3.63) is 66.4 Å². The Hall–Kier alpha value is -3.55. The van der Waals surface area contributed by atoms with E-state index in [-0.39, 0.29) is 23.5 Å². The Morgan fingerprint density at radius 1 is 0.909 bits per heavy atom. The lowest BCUT2D eigenvalue weighted by molar-refractivity contribution is -0.137. The van der Waals surface area contributed by atoms with E-state index in [1.54, 1.807) is 41.7 Å². The van der Waals surface area contributed by atoms with E-state index < -0.39 is 0 Å². The molecule has 170 valence electrons. The van der Waals surface area contributed by atoms with Crippen molar-refractivity contribution in [3.8, 4) is 0 Å². The highest BCUT2D eigenvalue weighted by atomic mass is 19.1. The van der Waals surface area contributed by atoms with Gasteiger partial charge in [-0.2, -0.15) is 0 Å². The van der Waals surface area contributed by atoms with Crippen LogP contribution in [0.4, 0.5) is 10.1 Å². The number of likely N-dealkylation sites (tertiary alicyclic amines) is 1. The Kier molecular flexibility index (Phi) is 5.90. The Balaban J connectivity index is 1.22. The summed E-state index contributed by atoms with van der Waals surface area (Å²) in [5.74, 6) is -0.378. The third-order valence-electron chi connectivity index (χ3n) is 6.60. The molecule has 2 aliphatic heterocycles. The van der Waals surface area contributed by atoms with Crippen LogP contribution < -0.4 is 4.90 Å². The number of fused-ring (bicyclic) bond motifs is 1. The highest BCUT2D eigenvalue weighted by molar-refractivity contribution is 5.94. The van der Waals surface area contributed by atoms with Crippen LogP contribution in [0, 0.1) is 11.7 Å². The van der Waals surface area contributed by atoms with Crippen LogP contribution in [0.3, 0.4) is 0 Å². The molecule has 8 heteroatoms. The molecule has 1 aromatic carbocycles. The van der Waals surface area contributed by atoms with Crippen molar-refractivity contribution in [2.24, 2.45) is 5.92 Å². The van der Waals surface area contributed by atoms with Gasteiger partial charge < -0.3 is 14.7 Å². The normalized spacial score (nSPS) is 19.1. The second-order valence-corrected chi connectivity index (χ2v) is 8.63. The number of piperazine rings is 1. The first-order valence-electron chi connectivity index (χ1n) is 11.4. The van der Waals surface area contributed by atoms with E-state index >= 15 is 0 Å². The fourth-order valence-corrected chi connectivity index (χ4v) is 4.85. The van der Waals surface area contributed by atoms with Crippen LogP contribution in [-0.2, 0) is 4.79 Å². The summed E-state index contributed by atoms with van der Waals surface area (Å²) in [5, 5.41) is 0.913. The number of carbonyl (C=O) groups excluding carboxylic acids is 2. The van der Waals surface area contributed by atoms with Crippen LogP contribution in [0.1, 0.15) is 23.2 Å². The third kappa shape index (κ3) is 4.37. The molecular weight excluding hydrogens is 421 g/mol. The summed E-state index contributed by atoms with van der Waals surface area (Å²) in [6.07, 6.45) is 6.56. The fraction of sp³-hybridized carbons (Fsp3) is 0.360. The molecular formula is C25H26FN5O2. The lowest BCUT2D eigenvalue weighted by atomic mass is 9.95. The number of halogens is 1. The molecule has 0 saturated carbocycles. The first-order chi connectivity index (χ1) is 16.1. The van der Waals surface area contributed by atoms with Crippen LogP contribution in [0.2, 0.25) is 0 Å². The molecule has 33 heavy (non-hydrogen) atoms. The maximum Gasteiger partial charge on any atom is 0.253 e. The van der Waals surface area contributed by atoms with Gasteiger partial charge in [0.1, 0.15) is 5.82 Å². The van der Waals surface area contributed by atoms with Gasteiger partial charge in [-0.1, -0.05) is 0 Å². The molecule has 7 nitrogen and oxygen atoms in total. The molecule has 4 heterocycles. The Morgan fingerprint density at radius 3 is 2.48 bits per heavy atom. The molecule has 2 amide bonds. The number of carbonyl (C=O) groups is 2. The number of amides is 2. The summed E-state index contributed by atoms with van der Waals surface area (Å²) in [4.78, 5) is 40.3. The minimum Gasteiger partial charge on any atom is -0.367 e. The average Bonchev–Trinajstić information content (AvgIpc) is 2.88. The quantitative estimate of drug-likeness (QED) is 0.618. The summed E-state index contributed by atoms with van der Waals surface area (Å²) >= 11 is 0. The first kappa shape index (κ1) is 21.3. The third-order valence-corrected chi connectivity index (χ3v) is 6.60. The van der Waals surface area contributed by atoms with Gasteiger partial charge in [0.2, 0.25) is 5.91 Å². The van der Waals surface area contributed by atoms with Crippen LogP contribution in [0.15, 0.2) is 55.0 Å². The van der Waals surface area contributed by atoms with E-state index in [4.69, 9.17) is 0 Å². The van der Waals surface area contributed by atoms with Crippen molar-refractivity contribution in [3.63, 3.8) is 0 Å². The van der Waals surface area contributed by atoms with E-state index in [1.165, 1.54) is 12.1 Å². The molecule has 0 spiro atoms. The van der Waals surface area contributed by atoms with Gasteiger partial charge >= 0.3 is 0 Å². The summed E-state index contributed by atoms with van der Waals surface area (Å²) < 4.78 is 13.6. The van der Waals surface area contributed by atoms with E-state index in [9.17, 15) is 14.0 Å². The van der Waals surface area contributed by atoms with Gasteiger partial charge in [-0.15, -0.1) is 0 Å². The minimum atomic E-state index is -0.300. The molecule has 0 N–H and O–H groups in total. The number of hydrogen-bond acceptors (Lipinski definition) is 5. The molecule has 0 aliphatic carbocycles. The molecule has 2 aliphatic rings. The molecule has 3 aromatic rings. The van der Waals surface area contributed by atoms with Crippen LogP contribution >= 0.6 is 0 Å². The first-order valence-corrected chi connectivity index (χ1v) is 11.4. The van der Waals surface area contributed by atoms with Crippen LogP contribution in [-0.4, -0.2) is 70.9 Å². The van der Waals surface area contributed by atoms with Crippen molar-refractivity contribution < 1.29 is 14.0 Å². The lowest BCUT2D eigenvalue weighted by Gasteiger charge is -2.40. The van der Waals surface area contributed by atoms with Gasteiger partial charge in [0.05, 0.1) is 11.4 Å². The number of anilines is 1. The van der Waals surface area contributed by atoms with Gasteiger partial charge in [-0.3, -0.25) is 19.6 Å². The van der Waals surface area contributed by atoms with Crippen molar-refractivity contribution in [2.75, 3.05) is 44.2 Å².